The lowest BCUT2D eigenvalue weighted by Crippen LogP contribution is -2.48. The molecule has 28 heavy (non-hydrogen) atoms. The second-order valence-corrected chi connectivity index (χ2v) is 6.96. The second kappa shape index (κ2) is 9.84. The van der Waals surface area contributed by atoms with Gasteiger partial charge in [0.15, 0.2) is 0 Å². The molecule has 0 bridgehead atoms. The summed E-state index contributed by atoms with van der Waals surface area (Å²) in [5, 5.41) is 17.9. The summed E-state index contributed by atoms with van der Waals surface area (Å²) in [6, 6.07) is 12.3. The van der Waals surface area contributed by atoms with Gasteiger partial charge in [-0.2, -0.15) is 0 Å². The third-order valence-electron chi connectivity index (χ3n) is 4.65. The highest BCUT2D eigenvalue weighted by Crippen LogP contribution is 2.28. The van der Waals surface area contributed by atoms with Crippen LogP contribution in [-0.4, -0.2) is 41.9 Å². The van der Waals surface area contributed by atoms with Gasteiger partial charge in [-0.15, -0.1) is 12.4 Å². The molecule has 1 aliphatic rings. The molecule has 1 saturated heterocycles. The Morgan fingerprint density at radius 1 is 1.36 bits per heavy atom. The minimum Gasteiger partial charge on any atom is -0.319 e. The normalized spacial score (nSPS) is 16.9. The number of nitrogens with one attached hydrogen (secondary N) is 2. The molecular formula is C19H22Cl2N4O3. The van der Waals surface area contributed by atoms with Crippen LogP contribution in [0.1, 0.15) is 17.2 Å². The van der Waals surface area contributed by atoms with Crippen molar-refractivity contribution >= 4 is 41.3 Å². The van der Waals surface area contributed by atoms with E-state index in [9.17, 15) is 14.9 Å². The number of nitro groups is 1. The van der Waals surface area contributed by atoms with Crippen molar-refractivity contribution in [3.05, 3.63) is 68.7 Å². The van der Waals surface area contributed by atoms with E-state index in [1.54, 1.807) is 19.1 Å². The lowest BCUT2D eigenvalue weighted by atomic mass is 10.0. The zero-order valence-electron chi connectivity index (χ0n) is 15.4. The number of carbonyl (C=O) groups excluding carboxylic acids is 1. The number of rotatable bonds is 5. The van der Waals surface area contributed by atoms with Gasteiger partial charge < -0.3 is 10.6 Å². The third kappa shape index (κ3) is 5.20. The quantitative estimate of drug-likeness (QED) is 0.565. The van der Waals surface area contributed by atoms with Gasteiger partial charge in [0.1, 0.15) is 5.69 Å². The highest BCUT2D eigenvalue weighted by molar-refractivity contribution is 6.30. The summed E-state index contributed by atoms with van der Waals surface area (Å²) in [5.41, 5.74) is 1.84. The second-order valence-electron chi connectivity index (χ2n) is 6.52. The van der Waals surface area contributed by atoms with Gasteiger partial charge in [-0.05, 0) is 30.2 Å². The molecule has 2 aromatic rings. The van der Waals surface area contributed by atoms with Crippen LogP contribution in [0.2, 0.25) is 5.02 Å². The van der Waals surface area contributed by atoms with E-state index in [2.05, 4.69) is 15.5 Å². The molecule has 0 aliphatic carbocycles. The predicted molar refractivity (Wildman–Crippen MR) is 112 cm³/mol. The molecule has 1 heterocycles. The van der Waals surface area contributed by atoms with Crippen molar-refractivity contribution in [2.24, 2.45) is 0 Å². The van der Waals surface area contributed by atoms with Gasteiger partial charge in [0, 0.05) is 36.8 Å². The molecule has 0 aromatic heterocycles. The molecule has 0 spiro atoms. The van der Waals surface area contributed by atoms with E-state index in [1.807, 2.05) is 24.3 Å². The summed E-state index contributed by atoms with van der Waals surface area (Å²) < 4.78 is 0. The highest BCUT2D eigenvalue weighted by Gasteiger charge is 2.26. The number of nitrogens with zero attached hydrogens (tertiary/aromatic N) is 2. The largest absolute Gasteiger partial charge is 0.319 e. The standard InChI is InChI=1S/C19H21ClN4O3.ClH/c1-13-4-2-7-16(24(26)27)19(13)22-18(25)12-23-9-8-21-11-17(23)14-5-3-6-15(20)10-14;/h2-7,10,17,21H,8-9,11-12H2,1H3,(H,22,25);1H. The fourth-order valence-corrected chi connectivity index (χ4v) is 3.51. The van der Waals surface area contributed by atoms with Gasteiger partial charge in [0.2, 0.25) is 5.91 Å². The highest BCUT2D eigenvalue weighted by atomic mass is 35.5. The molecule has 1 amide bonds. The van der Waals surface area contributed by atoms with Crippen molar-refractivity contribution in [3.63, 3.8) is 0 Å². The van der Waals surface area contributed by atoms with Crippen LogP contribution in [0, 0.1) is 17.0 Å². The van der Waals surface area contributed by atoms with Crippen molar-refractivity contribution in [3.8, 4) is 0 Å². The van der Waals surface area contributed by atoms with E-state index in [1.165, 1.54) is 6.07 Å². The molecule has 0 radical (unpaired) electrons. The molecule has 2 aromatic carbocycles. The van der Waals surface area contributed by atoms with Crippen LogP contribution >= 0.6 is 24.0 Å². The van der Waals surface area contributed by atoms with Gasteiger partial charge in [0.25, 0.3) is 5.69 Å². The van der Waals surface area contributed by atoms with Crippen LogP contribution in [0.5, 0.6) is 0 Å². The first-order chi connectivity index (χ1) is 13.0. The molecule has 7 nitrogen and oxygen atoms in total. The number of anilines is 1. The van der Waals surface area contributed by atoms with Crippen LogP contribution in [-0.2, 0) is 4.79 Å². The van der Waals surface area contributed by atoms with Crippen LogP contribution in [0.25, 0.3) is 0 Å². The first-order valence-electron chi connectivity index (χ1n) is 8.70. The van der Waals surface area contributed by atoms with Crippen molar-refractivity contribution in [1.29, 1.82) is 0 Å². The number of hydrogen-bond donors (Lipinski definition) is 2. The summed E-state index contributed by atoms with van der Waals surface area (Å²) in [4.78, 5) is 25.4. The molecule has 1 atom stereocenters. The summed E-state index contributed by atoms with van der Waals surface area (Å²) >= 11 is 6.11. The lowest BCUT2D eigenvalue weighted by Gasteiger charge is -2.36. The van der Waals surface area contributed by atoms with Crippen LogP contribution in [0.4, 0.5) is 11.4 Å². The molecule has 1 aliphatic heterocycles. The summed E-state index contributed by atoms with van der Waals surface area (Å²) in [7, 11) is 0. The number of aryl methyl sites for hydroxylation is 1. The lowest BCUT2D eigenvalue weighted by molar-refractivity contribution is -0.384. The number of nitro benzene ring substituents is 1. The Morgan fingerprint density at radius 2 is 2.11 bits per heavy atom. The zero-order chi connectivity index (χ0) is 19.4. The molecule has 2 N–H and O–H groups in total. The average molecular weight is 425 g/mol. The van der Waals surface area contributed by atoms with E-state index in [0.717, 1.165) is 12.1 Å². The number of para-hydroxylation sites is 1. The maximum Gasteiger partial charge on any atom is 0.293 e. The van der Waals surface area contributed by atoms with E-state index >= 15 is 0 Å². The molecule has 3 rings (SSSR count). The Hall–Kier alpha value is -2.19. The first-order valence-corrected chi connectivity index (χ1v) is 9.07. The first kappa shape index (κ1) is 22.1. The van der Waals surface area contributed by atoms with Gasteiger partial charge in [0.05, 0.1) is 11.5 Å². The van der Waals surface area contributed by atoms with E-state index in [0.29, 0.717) is 23.7 Å². The zero-order valence-corrected chi connectivity index (χ0v) is 16.9. The van der Waals surface area contributed by atoms with Crippen LogP contribution in [0.3, 0.4) is 0 Å². The number of carbonyl (C=O) groups is 1. The molecule has 9 heteroatoms. The van der Waals surface area contributed by atoms with Gasteiger partial charge >= 0.3 is 0 Å². The van der Waals surface area contributed by atoms with Crippen molar-refractivity contribution in [2.75, 3.05) is 31.5 Å². The molecule has 1 unspecified atom stereocenters. The minimum absolute atomic E-state index is 0. The van der Waals surface area contributed by atoms with Crippen molar-refractivity contribution < 1.29 is 9.72 Å². The Kier molecular flexibility index (Phi) is 7.77. The fraction of sp³-hybridized carbons (Fsp3) is 0.316. The SMILES string of the molecule is Cc1cccc([N+](=O)[O-])c1NC(=O)CN1CCNCC1c1cccc(Cl)c1.Cl. The molecule has 150 valence electrons. The van der Waals surface area contributed by atoms with Gasteiger partial charge in [-0.1, -0.05) is 35.9 Å². The monoisotopic (exact) mass is 424 g/mol. The number of piperazine rings is 1. The van der Waals surface area contributed by atoms with E-state index in [4.69, 9.17) is 11.6 Å². The fourth-order valence-electron chi connectivity index (χ4n) is 3.31. The van der Waals surface area contributed by atoms with E-state index < -0.39 is 4.92 Å². The van der Waals surface area contributed by atoms with Crippen LogP contribution < -0.4 is 10.6 Å². The van der Waals surface area contributed by atoms with Gasteiger partial charge in [-0.25, -0.2) is 0 Å². The Balaban J connectivity index is 0.00000280. The Bertz CT molecular complexity index is 863. The summed E-state index contributed by atoms with van der Waals surface area (Å²) in [6.45, 7) is 4.06. The minimum atomic E-state index is -0.484. The predicted octanol–water partition coefficient (Wildman–Crippen LogP) is 3.56. The Morgan fingerprint density at radius 3 is 2.82 bits per heavy atom. The number of amides is 1. The average Bonchev–Trinajstić information content (AvgIpc) is 2.63. The third-order valence-corrected chi connectivity index (χ3v) is 4.88. The summed E-state index contributed by atoms with van der Waals surface area (Å²) in [6.07, 6.45) is 0. The molecule has 0 saturated carbocycles. The van der Waals surface area contributed by atoms with Crippen LogP contribution in [0.15, 0.2) is 42.5 Å². The van der Waals surface area contributed by atoms with Crippen molar-refractivity contribution in [2.45, 2.75) is 13.0 Å². The number of hydrogen-bond acceptors (Lipinski definition) is 5. The maximum absolute atomic E-state index is 12.6. The smallest absolute Gasteiger partial charge is 0.293 e. The summed E-state index contributed by atoms with van der Waals surface area (Å²) in [5.74, 6) is -0.277. The maximum atomic E-state index is 12.6. The van der Waals surface area contributed by atoms with Gasteiger partial charge in [-0.3, -0.25) is 19.8 Å². The van der Waals surface area contributed by atoms with Crippen molar-refractivity contribution in [1.82, 2.24) is 10.2 Å². The Labute approximate surface area is 174 Å². The topological polar surface area (TPSA) is 87.5 Å². The van der Waals surface area contributed by atoms with E-state index in [-0.39, 0.29) is 42.3 Å². The number of halogens is 2. The molecular weight excluding hydrogens is 403 g/mol. The number of benzene rings is 2. The molecule has 1 fully saturated rings.